The maximum Gasteiger partial charge on any atom is 0.275 e. The van der Waals surface area contributed by atoms with Crippen LogP contribution in [0.3, 0.4) is 0 Å². The van der Waals surface area contributed by atoms with Crippen molar-refractivity contribution in [3.8, 4) is 11.5 Å². The van der Waals surface area contributed by atoms with E-state index < -0.39 is 0 Å². The van der Waals surface area contributed by atoms with Crippen LogP contribution in [0.4, 0.5) is 0 Å². The molecule has 158 valence electrons. The summed E-state index contributed by atoms with van der Waals surface area (Å²) in [4.78, 5) is 18.5. The molecule has 4 aromatic rings. The molecule has 0 saturated heterocycles. The summed E-state index contributed by atoms with van der Waals surface area (Å²) in [6.07, 6.45) is 2.75. The van der Waals surface area contributed by atoms with Crippen LogP contribution < -0.4 is 9.47 Å². The Hall–Kier alpha value is -3.74. The summed E-state index contributed by atoms with van der Waals surface area (Å²) >= 11 is 0. The molecular weight excluding hydrogens is 392 g/mol. The number of aryl methyl sites for hydroxylation is 1. The van der Waals surface area contributed by atoms with Gasteiger partial charge in [-0.1, -0.05) is 18.2 Å². The molecule has 1 aliphatic heterocycles. The fraction of sp³-hybridized carbons (Fsp3) is 0.250. The van der Waals surface area contributed by atoms with Gasteiger partial charge in [-0.2, -0.15) is 5.10 Å². The number of amides is 1. The summed E-state index contributed by atoms with van der Waals surface area (Å²) in [6, 6.07) is 13.6. The largest absolute Gasteiger partial charge is 0.497 e. The number of rotatable bonds is 6. The summed E-state index contributed by atoms with van der Waals surface area (Å²) < 4.78 is 11.1. The van der Waals surface area contributed by atoms with Gasteiger partial charge in [-0.25, -0.2) is 0 Å². The van der Waals surface area contributed by atoms with Crippen molar-refractivity contribution in [2.75, 3.05) is 20.8 Å². The van der Waals surface area contributed by atoms with Gasteiger partial charge in [-0.15, -0.1) is 0 Å². The first-order chi connectivity index (χ1) is 15.1. The average Bonchev–Trinajstić information content (AvgIpc) is 3.46. The normalized spacial score (nSPS) is 15.5. The minimum atomic E-state index is -0.295. The van der Waals surface area contributed by atoms with Gasteiger partial charge in [0.25, 0.3) is 5.91 Å². The van der Waals surface area contributed by atoms with E-state index in [2.05, 4.69) is 27.3 Å². The van der Waals surface area contributed by atoms with Crippen LogP contribution in [0.5, 0.6) is 11.5 Å². The maximum atomic E-state index is 13.3. The summed E-state index contributed by atoms with van der Waals surface area (Å²) in [5.74, 6) is 1.35. The number of nitrogens with one attached hydrogen (secondary N) is 2. The van der Waals surface area contributed by atoms with Crippen molar-refractivity contribution < 1.29 is 14.3 Å². The molecule has 2 aromatic heterocycles. The van der Waals surface area contributed by atoms with Gasteiger partial charge in [-0.3, -0.25) is 9.89 Å². The quantitative estimate of drug-likeness (QED) is 0.498. The smallest absolute Gasteiger partial charge is 0.275 e. The summed E-state index contributed by atoms with van der Waals surface area (Å²) in [5, 5.41) is 8.46. The third-order valence-electron chi connectivity index (χ3n) is 6.07. The molecule has 1 atom stereocenters. The second-order valence-corrected chi connectivity index (χ2v) is 7.73. The Morgan fingerprint density at radius 1 is 1.13 bits per heavy atom. The molecule has 0 radical (unpaired) electrons. The number of benzene rings is 2. The zero-order valence-corrected chi connectivity index (χ0v) is 17.7. The van der Waals surface area contributed by atoms with Gasteiger partial charge in [0.2, 0.25) is 0 Å². The molecule has 0 unspecified atom stereocenters. The zero-order chi connectivity index (χ0) is 21.5. The lowest BCUT2D eigenvalue weighted by atomic mass is 9.97. The molecule has 1 aliphatic rings. The van der Waals surface area contributed by atoms with Crippen molar-refractivity contribution in [1.29, 1.82) is 0 Å². The van der Waals surface area contributed by atoms with Crippen molar-refractivity contribution >= 4 is 16.8 Å². The highest BCUT2D eigenvalue weighted by atomic mass is 16.5. The third kappa shape index (κ3) is 3.04. The van der Waals surface area contributed by atoms with E-state index in [-0.39, 0.29) is 11.9 Å². The number of fused-ring (bicyclic) bond motifs is 2. The average molecular weight is 416 g/mol. The number of hydrogen-bond acceptors (Lipinski definition) is 4. The highest BCUT2D eigenvalue weighted by molar-refractivity contribution is 5.98. The number of methoxy groups -OCH3 is 2. The Morgan fingerprint density at radius 3 is 2.77 bits per heavy atom. The van der Waals surface area contributed by atoms with Crippen molar-refractivity contribution in [3.05, 3.63) is 76.7 Å². The lowest BCUT2D eigenvalue weighted by Gasteiger charge is -2.27. The van der Waals surface area contributed by atoms with Crippen LogP contribution in [0.25, 0.3) is 10.9 Å². The molecule has 5 rings (SSSR count). The minimum absolute atomic E-state index is 0.0749. The van der Waals surface area contributed by atoms with Crippen LogP contribution in [0.15, 0.2) is 48.7 Å². The molecule has 0 bridgehead atoms. The third-order valence-corrected chi connectivity index (χ3v) is 6.07. The van der Waals surface area contributed by atoms with E-state index >= 15 is 0 Å². The van der Waals surface area contributed by atoms with Crippen molar-refractivity contribution in [2.24, 2.45) is 0 Å². The van der Waals surface area contributed by atoms with E-state index in [4.69, 9.17) is 9.47 Å². The predicted octanol–water partition coefficient (Wildman–Crippen LogP) is 4.00. The molecule has 0 saturated carbocycles. The number of aromatic amines is 2. The molecule has 0 aliphatic carbocycles. The molecule has 3 heterocycles. The molecule has 0 fully saturated rings. The number of hydrogen-bond donors (Lipinski definition) is 2. The van der Waals surface area contributed by atoms with Gasteiger partial charge in [0.15, 0.2) is 5.69 Å². The van der Waals surface area contributed by atoms with Crippen LogP contribution in [-0.2, 0) is 6.42 Å². The van der Waals surface area contributed by atoms with Crippen molar-refractivity contribution in [2.45, 2.75) is 19.4 Å². The summed E-state index contributed by atoms with van der Waals surface area (Å²) in [6.45, 7) is 2.50. The van der Waals surface area contributed by atoms with Gasteiger partial charge in [0, 0.05) is 40.5 Å². The van der Waals surface area contributed by atoms with E-state index in [1.807, 2.05) is 48.4 Å². The van der Waals surface area contributed by atoms with Gasteiger partial charge >= 0.3 is 0 Å². The van der Waals surface area contributed by atoms with Crippen LogP contribution in [-0.4, -0.2) is 46.8 Å². The SMILES string of the molecule is COc1ccc(OC)c([C@@H]2c3c(n[nH]c3C)C(=O)N2CCc2c[nH]c3ccccc23)c1. The fourth-order valence-corrected chi connectivity index (χ4v) is 4.53. The van der Waals surface area contributed by atoms with Crippen LogP contribution in [0.2, 0.25) is 0 Å². The van der Waals surface area contributed by atoms with E-state index in [9.17, 15) is 4.79 Å². The topological polar surface area (TPSA) is 83.2 Å². The highest BCUT2D eigenvalue weighted by Crippen LogP contribution is 2.43. The van der Waals surface area contributed by atoms with Gasteiger partial charge < -0.3 is 19.4 Å². The fourth-order valence-electron chi connectivity index (χ4n) is 4.53. The Kier molecular flexibility index (Phi) is 4.66. The lowest BCUT2D eigenvalue weighted by molar-refractivity contribution is 0.0744. The number of nitrogens with zero attached hydrogens (tertiary/aromatic N) is 2. The molecule has 7 nitrogen and oxygen atoms in total. The van der Waals surface area contributed by atoms with Gasteiger partial charge in [-0.05, 0) is 43.2 Å². The first-order valence-electron chi connectivity index (χ1n) is 10.2. The number of ether oxygens (including phenoxy) is 2. The highest BCUT2D eigenvalue weighted by Gasteiger charge is 2.42. The van der Waals surface area contributed by atoms with Crippen LogP contribution >= 0.6 is 0 Å². The minimum Gasteiger partial charge on any atom is -0.497 e. The molecule has 2 aromatic carbocycles. The zero-order valence-electron chi connectivity index (χ0n) is 17.7. The second-order valence-electron chi connectivity index (χ2n) is 7.73. The summed E-state index contributed by atoms with van der Waals surface area (Å²) in [7, 11) is 3.27. The molecule has 7 heteroatoms. The van der Waals surface area contributed by atoms with E-state index in [0.29, 0.717) is 18.0 Å². The predicted molar refractivity (Wildman–Crippen MR) is 118 cm³/mol. The number of para-hydroxylation sites is 1. The van der Waals surface area contributed by atoms with E-state index in [1.165, 1.54) is 10.9 Å². The van der Waals surface area contributed by atoms with Crippen molar-refractivity contribution in [1.82, 2.24) is 20.1 Å². The number of carbonyl (C=O) groups excluding carboxylic acids is 1. The number of carbonyl (C=O) groups is 1. The molecule has 2 N–H and O–H groups in total. The Bertz CT molecular complexity index is 1270. The van der Waals surface area contributed by atoms with Crippen LogP contribution in [0.1, 0.15) is 38.9 Å². The number of H-pyrrole nitrogens is 2. The monoisotopic (exact) mass is 416 g/mol. The number of aromatic nitrogens is 3. The molecular formula is C24H24N4O3. The standard InChI is InChI=1S/C24H24N4O3/c1-14-21-22(27-26-14)24(29)28(11-10-15-13-25-19-7-5-4-6-17(15)19)23(21)18-12-16(30-2)8-9-20(18)31-3/h4-9,12-13,23,25H,10-11H2,1-3H3,(H,26,27)/t23-/m1/s1. The van der Waals surface area contributed by atoms with Gasteiger partial charge in [0.05, 0.1) is 20.3 Å². The Labute approximate surface area is 180 Å². The molecule has 0 spiro atoms. The Morgan fingerprint density at radius 2 is 1.97 bits per heavy atom. The second kappa shape index (κ2) is 7.50. The van der Waals surface area contributed by atoms with E-state index in [1.54, 1.807) is 14.2 Å². The van der Waals surface area contributed by atoms with Gasteiger partial charge in [0.1, 0.15) is 11.5 Å². The van der Waals surface area contributed by atoms with E-state index in [0.717, 1.165) is 34.5 Å². The first-order valence-corrected chi connectivity index (χ1v) is 10.2. The maximum absolute atomic E-state index is 13.3. The summed E-state index contributed by atoms with van der Waals surface area (Å²) in [5.41, 5.74) is 5.43. The molecule has 31 heavy (non-hydrogen) atoms. The van der Waals surface area contributed by atoms with Crippen molar-refractivity contribution in [3.63, 3.8) is 0 Å². The lowest BCUT2D eigenvalue weighted by Crippen LogP contribution is -2.31. The van der Waals surface area contributed by atoms with Crippen LogP contribution in [0, 0.1) is 6.92 Å². The first kappa shape index (κ1) is 19.2. The Balaban J connectivity index is 1.55. The molecule has 1 amide bonds.